The van der Waals surface area contributed by atoms with Gasteiger partial charge in [-0.1, -0.05) is 41.6 Å². The minimum absolute atomic E-state index is 0.0322. The highest BCUT2D eigenvalue weighted by atomic mass is 16.7. The second-order valence-electron chi connectivity index (χ2n) is 7.83. The number of carbonyl (C=O) groups excluding carboxylic acids is 2. The Morgan fingerprint density at radius 2 is 1.93 bits per heavy atom. The van der Waals surface area contributed by atoms with Crippen molar-refractivity contribution in [2.75, 3.05) is 14.2 Å². The molecule has 5 rings (SSSR count). The van der Waals surface area contributed by atoms with E-state index in [2.05, 4.69) is 5.16 Å². The van der Waals surface area contributed by atoms with E-state index in [-0.39, 0.29) is 41.7 Å². The summed E-state index contributed by atoms with van der Waals surface area (Å²) in [6.07, 6.45) is 3.20. The summed E-state index contributed by atoms with van der Waals surface area (Å²) in [5.74, 6) is 0.0346. The van der Waals surface area contributed by atoms with Crippen LogP contribution in [0.2, 0.25) is 0 Å². The first kappa shape index (κ1) is 16.5. The first-order valence-corrected chi connectivity index (χ1v) is 9.30. The number of methoxy groups -OCH3 is 2. The molecule has 0 aromatic heterocycles. The summed E-state index contributed by atoms with van der Waals surface area (Å²) in [5.41, 5.74) is 1.35. The fourth-order valence-electron chi connectivity index (χ4n) is 6.05. The van der Waals surface area contributed by atoms with Crippen LogP contribution in [0.5, 0.6) is 0 Å². The van der Waals surface area contributed by atoms with Gasteiger partial charge in [0.25, 0.3) is 0 Å². The summed E-state index contributed by atoms with van der Waals surface area (Å²) in [4.78, 5) is 31.1. The van der Waals surface area contributed by atoms with E-state index in [4.69, 9.17) is 14.3 Å². The standard InChI is InChI=1S/C21H21NO5/c1-25-19(23)12-8-13-14(9-12)16-10-15(13)18-21(16,20(24)26-2)17(22-27-18)11-6-4-3-5-7-11/h3-8,13-16,18H,9-10H2,1-2H3/t13-,14+,15+,16-,18+,21-/m1/s1. The first-order valence-electron chi connectivity index (χ1n) is 9.30. The molecule has 1 aromatic rings. The van der Waals surface area contributed by atoms with E-state index in [1.807, 2.05) is 36.4 Å². The van der Waals surface area contributed by atoms with E-state index in [9.17, 15) is 9.59 Å². The maximum Gasteiger partial charge on any atom is 0.333 e. The van der Waals surface area contributed by atoms with E-state index in [1.165, 1.54) is 14.2 Å². The summed E-state index contributed by atoms with van der Waals surface area (Å²) in [6.45, 7) is 0. The molecule has 6 nitrogen and oxygen atoms in total. The normalized spacial score (nSPS) is 37.8. The fourth-order valence-corrected chi connectivity index (χ4v) is 6.05. The Kier molecular flexibility index (Phi) is 3.48. The monoisotopic (exact) mass is 367 g/mol. The van der Waals surface area contributed by atoms with E-state index in [1.54, 1.807) is 0 Å². The molecule has 1 heterocycles. The quantitative estimate of drug-likeness (QED) is 0.767. The molecule has 0 saturated heterocycles. The number of rotatable bonds is 3. The van der Waals surface area contributed by atoms with Gasteiger partial charge in [0.2, 0.25) is 0 Å². The van der Waals surface area contributed by atoms with E-state index in [0.717, 1.165) is 12.0 Å². The topological polar surface area (TPSA) is 74.2 Å². The molecule has 0 amide bonds. The third-order valence-electron chi connectivity index (χ3n) is 6.97. The van der Waals surface area contributed by atoms with Crippen molar-refractivity contribution in [2.24, 2.45) is 34.2 Å². The third-order valence-corrected chi connectivity index (χ3v) is 6.97. The molecular weight excluding hydrogens is 346 g/mol. The molecule has 1 aromatic carbocycles. The van der Waals surface area contributed by atoms with Crippen LogP contribution in [-0.2, 0) is 23.9 Å². The number of esters is 2. The Morgan fingerprint density at radius 3 is 2.63 bits per heavy atom. The predicted molar refractivity (Wildman–Crippen MR) is 95.6 cm³/mol. The predicted octanol–water partition coefficient (Wildman–Crippen LogP) is 2.33. The minimum Gasteiger partial charge on any atom is -0.468 e. The average Bonchev–Trinajstić information content (AvgIpc) is 3.43. The Bertz CT molecular complexity index is 876. The highest BCUT2D eigenvalue weighted by molar-refractivity contribution is 6.17. The van der Waals surface area contributed by atoms with Crippen molar-refractivity contribution in [3.8, 4) is 0 Å². The molecule has 2 bridgehead atoms. The Hall–Kier alpha value is -2.63. The summed E-state index contributed by atoms with van der Waals surface area (Å²) in [5, 5.41) is 4.37. The number of hydrogen-bond donors (Lipinski definition) is 0. The van der Waals surface area contributed by atoms with E-state index < -0.39 is 5.41 Å². The fraction of sp³-hybridized carbons (Fsp3) is 0.476. The van der Waals surface area contributed by atoms with Crippen molar-refractivity contribution in [2.45, 2.75) is 18.9 Å². The van der Waals surface area contributed by atoms with Gasteiger partial charge < -0.3 is 14.3 Å². The lowest BCUT2D eigenvalue weighted by Gasteiger charge is -2.40. The molecular formula is C21H21NO5. The number of carbonyl (C=O) groups is 2. The summed E-state index contributed by atoms with van der Waals surface area (Å²) < 4.78 is 10.2. The van der Waals surface area contributed by atoms with Crippen molar-refractivity contribution in [3.05, 3.63) is 47.5 Å². The van der Waals surface area contributed by atoms with Crippen LogP contribution in [0.25, 0.3) is 0 Å². The molecule has 0 radical (unpaired) electrons. The maximum atomic E-state index is 13.2. The van der Waals surface area contributed by atoms with Gasteiger partial charge in [0.1, 0.15) is 5.71 Å². The Morgan fingerprint density at radius 1 is 1.15 bits per heavy atom. The number of allylic oxidation sites excluding steroid dienone is 1. The van der Waals surface area contributed by atoms with Gasteiger partial charge in [-0.25, -0.2) is 4.79 Å². The molecule has 0 N–H and O–H groups in total. The van der Waals surface area contributed by atoms with Gasteiger partial charge in [0.05, 0.1) is 14.2 Å². The van der Waals surface area contributed by atoms with E-state index >= 15 is 0 Å². The Labute approximate surface area is 157 Å². The molecule has 6 heteroatoms. The van der Waals surface area contributed by atoms with Crippen molar-refractivity contribution in [1.29, 1.82) is 0 Å². The summed E-state index contributed by atoms with van der Waals surface area (Å²) in [6, 6.07) is 9.69. The molecule has 140 valence electrons. The van der Waals surface area contributed by atoms with Crippen LogP contribution in [0.4, 0.5) is 0 Å². The summed E-state index contributed by atoms with van der Waals surface area (Å²) in [7, 11) is 2.82. The lowest BCUT2D eigenvalue weighted by atomic mass is 9.61. The van der Waals surface area contributed by atoms with Crippen LogP contribution >= 0.6 is 0 Å². The molecule has 6 atom stereocenters. The number of benzene rings is 1. The van der Waals surface area contributed by atoms with Gasteiger partial charge in [-0.05, 0) is 30.6 Å². The van der Waals surface area contributed by atoms with Crippen LogP contribution in [0, 0.1) is 29.1 Å². The van der Waals surface area contributed by atoms with Crippen molar-refractivity contribution in [1.82, 2.24) is 0 Å². The van der Waals surface area contributed by atoms with Gasteiger partial charge in [0, 0.05) is 17.1 Å². The molecule has 2 fully saturated rings. The third kappa shape index (κ3) is 1.93. The zero-order valence-electron chi connectivity index (χ0n) is 15.3. The number of oxime groups is 1. The van der Waals surface area contributed by atoms with Crippen LogP contribution in [0.15, 0.2) is 47.1 Å². The second kappa shape index (κ2) is 5.68. The van der Waals surface area contributed by atoms with Gasteiger partial charge in [-0.3, -0.25) is 4.79 Å². The largest absolute Gasteiger partial charge is 0.468 e. The highest BCUT2D eigenvalue weighted by Crippen LogP contribution is 2.68. The van der Waals surface area contributed by atoms with Gasteiger partial charge >= 0.3 is 11.9 Å². The molecule has 2 saturated carbocycles. The summed E-state index contributed by atoms with van der Waals surface area (Å²) >= 11 is 0. The molecule has 4 aliphatic rings. The minimum atomic E-state index is -0.901. The number of nitrogens with zero attached hydrogens (tertiary/aromatic N) is 1. The van der Waals surface area contributed by atoms with Crippen molar-refractivity contribution >= 4 is 17.7 Å². The maximum absolute atomic E-state index is 13.2. The van der Waals surface area contributed by atoms with Crippen molar-refractivity contribution in [3.63, 3.8) is 0 Å². The molecule has 3 aliphatic carbocycles. The second-order valence-corrected chi connectivity index (χ2v) is 7.83. The molecule has 0 spiro atoms. The Balaban J connectivity index is 1.59. The van der Waals surface area contributed by atoms with Gasteiger partial charge in [-0.2, -0.15) is 0 Å². The van der Waals surface area contributed by atoms with Crippen LogP contribution < -0.4 is 0 Å². The van der Waals surface area contributed by atoms with E-state index in [0.29, 0.717) is 17.7 Å². The number of ether oxygens (including phenoxy) is 2. The van der Waals surface area contributed by atoms with Gasteiger partial charge in [0.15, 0.2) is 11.5 Å². The lowest BCUT2D eigenvalue weighted by molar-refractivity contribution is -0.160. The number of hydrogen-bond acceptors (Lipinski definition) is 6. The van der Waals surface area contributed by atoms with Crippen LogP contribution in [0.3, 0.4) is 0 Å². The SMILES string of the molecule is COC(=O)C1=C[C@@H]2[C@H](C1)[C@H]1C[C@@H]2[C@@H]2ON=C(c3ccccc3)[C@]12C(=O)OC. The van der Waals surface area contributed by atoms with Crippen LogP contribution in [-0.4, -0.2) is 38.0 Å². The molecule has 0 unspecified atom stereocenters. The smallest absolute Gasteiger partial charge is 0.333 e. The molecule has 27 heavy (non-hydrogen) atoms. The average molecular weight is 367 g/mol. The zero-order chi connectivity index (χ0) is 18.8. The first-order chi connectivity index (χ1) is 13.1. The lowest BCUT2D eigenvalue weighted by Crippen LogP contribution is -2.54. The van der Waals surface area contributed by atoms with Crippen LogP contribution in [0.1, 0.15) is 18.4 Å². The number of fused-ring (bicyclic) bond motifs is 8. The molecule has 1 aliphatic heterocycles. The van der Waals surface area contributed by atoms with Crippen molar-refractivity contribution < 1.29 is 23.9 Å². The highest BCUT2D eigenvalue weighted by Gasteiger charge is 2.75. The van der Waals surface area contributed by atoms with Gasteiger partial charge in [-0.15, -0.1) is 0 Å². The zero-order valence-corrected chi connectivity index (χ0v) is 15.3.